The summed E-state index contributed by atoms with van der Waals surface area (Å²) >= 11 is 0. The molecule has 0 radical (unpaired) electrons. The van der Waals surface area contributed by atoms with Crippen molar-refractivity contribution in [2.75, 3.05) is 6.61 Å². The number of hydrogen-bond acceptors (Lipinski definition) is 3. The van der Waals surface area contributed by atoms with Crippen LogP contribution in [0, 0.1) is 5.92 Å². The molecule has 2 aromatic rings. The second-order valence-corrected chi connectivity index (χ2v) is 10.3. The van der Waals surface area contributed by atoms with Crippen LogP contribution in [0.3, 0.4) is 0 Å². The van der Waals surface area contributed by atoms with Gasteiger partial charge in [0.15, 0.2) is 0 Å². The second-order valence-electron chi connectivity index (χ2n) is 10.3. The van der Waals surface area contributed by atoms with Crippen LogP contribution in [0.1, 0.15) is 115 Å². The van der Waals surface area contributed by atoms with Crippen molar-refractivity contribution in [1.29, 1.82) is 0 Å². The van der Waals surface area contributed by atoms with Crippen LogP contribution in [0.15, 0.2) is 30.3 Å². The Hall–Kier alpha value is -2.03. The van der Waals surface area contributed by atoms with Crippen molar-refractivity contribution in [3.63, 3.8) is 0 Å². The maximum Gasteiger partial charge on any atom is 0.128 e. The van der Waals surface area contributed by atoms with Crippen LogP contribution in [-0.2, 0) is 12.8 Å². The normalized spacial score (nSPS) is 15.3. The maximum absolute atomic E-state index is 10.7. The third-order valence-corrected chi connectivity index (χ3v) is 7.34. The highest BCUT2D eigenvalue weighted by Crippen LogP contribution is 2.34. The van der Waals surface area contributed by atoms with Gasteiger partial charge in [-0.1, -0.05) is 97.0 Å². The molecule has 1 aliphatic rings. The molecular formula is C31H47NO2. The molecule has 188 valence electrons. The van der Waals surface area contributed by atoms with Gasteiger partial charge >= 0.3 is 0 Å². The molecule has 0 spiro atoms. The molecular weight excluding hydrogens is 418 g/mol. The fourth-order valence-corrected chi connectivity index (χ4v) is 5.19. The van der Waals surface area contributed by atoms with E-state index in [2.05, 4.69) is 26.0 Å². The van der Waals surface area contributed by atoms with Crippen molar-refractivity contribution in [3.05, 3.63) is 41.6 Å². The van der Waals surface area contributed by atoms with Gasteiger partial charge in [-0.2, -0.15) is 0 Å². The lowest BCUT2D eigenvalue weighted by Gasteiger charge is -2.24. The van der Waals surface area contributed by atoms with E-state index in [1.54, 1.807) is 6.07 Å². The Morgan fingerprint density at radius 2 is 1.56 bits per heavy atom. The van der Waals surface area contributed by atoms with Gasteiger partial charge in [0, 0.05) is 17.3 Å². The van der Waals surface area contributed by atoms with Gasteiger partial charge in [0.05, 0.1) is 12.3 Å². The molecule has 3 nitrogen and oxygen atoms in total. The minimum atomic E-state index is 0.255. The monoisotopic (exact) mass is 465 g/mol. The molecule has 0 saturated carbocycles. The van der Waals surface area contributed by atoms with Gasteiger partial charge in [0.2, 0.25) is 0 Å². The Morgan fingerprint density at radius 1 is 0.853 bits per heavy atom. The van der Waals surface area contributed by atoms with Crippen LogP contribution in [0.2, 0.25) is 0 Å². The number of phenols is 1. The molecule has 1 N–H and O–H groups in total. The highest BCUT2D eigenvalue weighted by Gasteiger charge is 2.20. The number of ether oxygens (including phenoxy) is 1. The van der Waals surface area contributed by atoms with Gasteiger partial charge in [-0.05, 0) is 55.4 Å². The number of unbranched alkanes of at least 4 members (excludes halogenated alkanes) is 10. The zero-order chi connectivity index (χ0) is 24.0. The summed E-state index contributed by atoms with van der Waals surface area (Å²) in [5.74, 6) is 1.81. The van der Waals surface area contributed by atoms with E-state index in [4.69, 9.17) is 9.72 Å². The first-order valence-electron chi connectivity index (χ1n) is 14.2. The summed E-state index contributed by atoms with van der Waals surface area (Å²) in [4.78, 5) is 4.95. The minimum Gasteiger partial charge on any atom is -0.507 e. The predicted octanol–water partition coefficient (Wildman–Crippen LogP) is 9.05. The molecule has 3 rings (SSSR count). The van der Waals surface area contributed by atoms with E-state index in [-0.39, 0.29) is 5.75 Å². The average molecular weight is 466 g/mol. The molecule has 1 heterocycles. The van der Waals surface area contributed by atoms with Gasteiger partial charge in [0.1, 0.15) is 11.5 Å². The maximum atomic E-state index is 10.7. The lowest BCUT2D eigenvalue weighted by molar-refractivity contribution is 0.303. The predicted molar refractivity (Wildman–Crippen MR) is 144 cm³/mol. The van der Waals surface area contributed by atoms with Gasteiger partial charge < -0.3 is 9.84 Å². The molecule has 1 aliphatic carbocycles. The van der Waals surface area contributed by atoms with Gasteiger partial charge in [-0.15, -0.1) is 0 Å². The molecule has 1 aromatic heterocycles. The number of aryl methyl sites for hydroxylation is 1. The number of hydrogen-bond donors (Lipinski definition) is 1. The summed E-state index contributed by atoms with van der Waals surface area (Å²) in [6.45, 7) is 5.24. The second kappa shape index (κ2) is 15.1. The van der Waals surface area contributed by atoms with E-state index in [1.165, 1.54) is 94.7 Å². The number of aromatic nitrogens is 1. The largest absolute Gasteiger partial charge is 0.507 e. The first kappa shape index (κ1) is 26.6. The van der Waals surface area contributed by atoms with Gasteiger partial charge in [-0.3, -0.25) is 4.98 Å². The minimum absolute atomic E-state index is 0.255. The van der Waals surface area contributed by atoms with Gasteiger partial charge in [-0.25, -0.2) is 0 Å². The van der Waals surface area contributed by atoms with E-state index >= 15 is 0 Å². The Balaban J connectivity index is 1.46. The molecule has 0 saturated heterocycles. The Morgan fingerprint density at radius 3 is 2.29 bits per heavy atom. The summed E-state index contributed by atoms with van der Waals surface area (Å²) in [7, 11) is 0. The lowest BCUT2D eigenvalue weighted by Crippen LogP contribution is -2.15. The first-order chi connectivity index (χ1) is 16.7. The zero-order valence-corrected chi connectivity index (χ0v) is 21.8. The number of nitrogens with zero attached hydrogens (tertiary/aromatic N) is 1. The number of rotatable bonds is 16. The smallest absolute Gasteiger partial charge is 0.128 e. The molecule has 1 unspecified atom stereocenters. The molecule has 0 aliphatic heterocycles. The number of pyridine rings is 1. The summed E-state index contributed by atoms with van der Waals surface area (Å²) < 4.78 is 5.88. The van der Waals surface area contributed by atoms with E-state index in [9.17, 15) is 5.11 Å². The number of phenolic OH excluding ortho intramolecular Hbond substituents is 1. The van der Waals surface area contributed by atoms with Crippen molar-refractivity contribution in [2.45, 2.75) is 117 Å². The highest BCUT2D eigenvalue weighted by atomic mass is 16.5. The van der Waals surface area contributed by atoms with Gasteiger partial charge in [0.25, 0.3) is 0 Å². The van der Waals surface area contributed by atoms with E-state index in [0.717, 1.165) is 42.2 Å². The molecule has 1 aromatic carbocycles. The summed E-state index contributed by atoms with van der Waals surface area (Å²) in [6, 6.07) is 9.98. The van der Waals surface area contributed by atoms with E-state index in [1.807, 2.05) is 12.1 Å². The third-order valence-electron chi connectivity index (χ3n) is 7.34. The third kappa shape index (κ3) is 8.64. The van der Waals surface area contributed by atoms with Crippen LogP contribution in [0.5, 0.6) is 11.5 Å². The lowest BCUT2D eigenvalue weighted by atomic mass is 9.83. The number of benzene rings is 1. The van der Waals surface area contributed by atoms with Crippen molar-refractivity contribution < 1.29 is 9.84 Å². The fraction of sp³-hybridized carbons (Fsp3) is 0.645. The molecule has 0 bridgehead atoms. The van der Waals surface area contributed by atoms with Crippen LogP contribution in [0.4, 0.5) is 0 Å². The SMILES string of the molecule is CCCCCCCCCOc1ccc(-c2ccc3c(n2)CCC(CCCCCCC)C3)c(O)c1. The van der Waals surface area contributed by atoms with Crippen molar-refractivity contribution in [1.82, 2.24) is 4.98 Å². The van der Waals surface area contributed by atoms with Crippen LogP contribution in [-0.4, -0.2) is 16.7 Å². The molecule has 0 amide bonds. The van der Waals surface area contributed by atoms with E-state index in [0.29, 0.717) is 6.61 Å². The average Bonchev–Trinajstić information content (AvgIpc) is 2.85. The number of aromatic hydroxyl groups is 1. The Labute approximate surface area is 208 Å². The number of fused-ring (bicyclic) bond motifs is 1. The summed E-state index contributed by atoms with van der Waals surface area (Å²) in [5.41, 5.74) is 4.29. The molecule has 0 fully saturated rings. The Kier molecular flexibility index (Phi) is 11.8. The van der Waals surface area contributed by atoms with Crippen LogP contribution < -0.4 is 4.74 Å². The Bertz CT molecular complexity index is 847. The summed E-state index contributed by atoms with van der Waals surface area (Å²) in [6.07, 6.45) is 20.5. The molecule has 34 heavy (non-hydrogen) atoms. The van der Waals surface area contributed by atoms with Crippen molar-refractivity contribution in [2.24, 2.45) is 5.92 Å². The standard InChI is InChI=1S/C31H47NO2/c1-3-5-7-9-10-12-14-22-34-27-18-19-28(31(33)24-27)30-21-17-26-23-25(16-20-29(26)32-30)15-13-11-8-6-4-2/h17-19,21,24-25,33H,3-16,20,22-23H2,1-2H3. The van der Waals surface area contributed by atoms with Crippen molar-refractivity contribution in [3.8, 4) is 22.8 Å². The molecule has 1 atom stereocenters. The first-order valence-corrected chi connectivity index (χ1v) is 14.2. The summed E-state index contributed by atoms with van der Waals surface area (Å²) in [5, 5.41) is 10.7. The topological polar surface area (TPSA) is 42.4 Å². The quantitative estimate of drug-likeness (QED) is 0.251. The highest BCUT2D eigenvalue weighted by molar-refractivity contribution is 5.68. The zero-order valence-electron chi connectivity index (χ0n) is 21.8. The van der Waals surface area contributed by atoms with Crippen molar-refractivity contribution >= 4 is 0 Å². The van der Waals surface area contributed by atoms with E-state index < -0.39 is 0 Å². The fourth-order valence-electron chi connectivity index (χ4n) is 5.19. The van der Waals surface area contributed by atoms with Crippen LogP contribution >= 0.6 is 0 Å². The van der Waals surface area contributed by atoms with Crippen LogP contribution in [0.25, 0.3) is 11.3 Å². The molecule has 3 heteroatoms.